The average molecular weight is 360 g/mol. The number of rotatable bonds is 2. The number of hydrogen-bond acceptors (Lipinski definition) is 3. The van der Waals surface area contributed by atoms with Crippen molar-refractivity contribution in [3.63, 3.8) is 0 Å². The minimum absolute atomic E-state index is 0.0102. The van der Waals surface area contributed by atoms with E-state index in [2.05, 4.69) is 39.8 Å². The fraction of sp³-hybridized carbons (Fsp3) is 0.682. The normalized spacial score (nSPS) is 27.1. The summed E-state index contributed by atoms with van der Waals surface area (Å²) >= 11 is 0. The van der Waals surface area contributed by atoms with Crippen molar-refractivity contribution in [2.45, 2.75) is 77.7 Å². The lowest BCUT2D eigenvalue weighted by Gasteiger charge is -2.40. The molecule has 0 saturated heterocycles. The molecule has 0 aromatic heterocycles. The number of carbonyl (C=O) groups is 1. The smallest absolute Gasteiger partial charge is 0.414 e. The lowest BCUT2D eigenvalue weighted by molar-refractivity contribution is 0.0574. The Bertz CT molecular complexity index is 732. The molecule has 0 radical (unpaired) electrons. The van der Waals surface area contributed by atoms with Crippen LogP contribution in [-0.2, 0) is 15.6 Å². The maximum atomic E-state index is 12.8. The van der Waals surface area contributed by atoms with Gasteiger partial charge in [-0.05, 0) is 80.0 Å². The van der Waals surface area contributed by atoms with E-state index in [9.17, 15) is 9.90 Å². The minimum atomic E-state index is -0.505. The first kappa shape index (κ1) is 19.2. The van der Waals surface area contributed by atoms with Crippen LogP contribution in [0.15, 0.2) is 12.1 Å². The first-order valence-corrected chi connectivity index (χ1v) is 9.66. The highest BCUT2D eigenvalue weighted by molar-refractivity contribution is 5.90. The van der Waals surface area contributed by atoms with Gasteiger partial charge in [0.25, 0.3) is 0 Å². The molecule has 4 heteroatoms. The fourth-order valence-corrected chi connectivity index (χ4v) is 4.28. The molecule has 1 saturated carbocycles. The van der Waals surface area contributed by atoms with Gasteiger partial charge in [0.15, 0.2) is 0 Å². The van der Waals surface area contributed by atoms with Crippen LogP contribution in [0.4, 0.5) is 10.5 Å². The van der Waals surface area contributed by atoms with Gasteiger partial charge in [0.05, 0.1) is 5.69 Å². The first-order chi connectivity index (χ1) is 11.9. The van der Waals surface area contributed by atoms with Crippen LogP contribution in [-0.4, -0.2) is 30.0 Å². The maximum absolute atomic E-state index is 12.8. The van der Waals surface area contributed by atoms with E-state index < -0.39 is 5.60 Å². The van der Waals surface area contributed by atoms with Crippen molar-refractivity contribution in [2.75, 3.05) is 18.1 Å². The van der Waals surface area contributed by atoms with Crippen LogP contribution in [0.3, 0.4) is 0 Å². The lowest BCUT2D eigenvalue weighted by atomic mass is 9.75. The molecule has 1 aromatic carbocycles. The molecule has 0 unspecified atom stereocenters. The fourth-order valence-electron chi connectivity index (χ4n) is 4.28. The highest BCUT2D eigenvalue weighted by atomic mass is 16.6. The van der Waals surface area contributed by atoms with Gasteiger partial charge in [0, 0.05) is 13.2 Å². The average Bonchev–Trinajstić information content (AvgIpc) is 3.16. The van der Waals surface area contributed by atoms with Gasteiger partial charge in [-0.3, -0.25) is 4.90 Å². The zero-order chi connectivity index (χ0) is 19.5. The molecule has 1 fully saturated rings. The third kappa shape index (κ3) is 3.24. The van der Waals surface area contributed by atoms with E-state index in [4.69, 9.17) is 4.74 Å². The highest BCUT2D eigenvalue weighted by Crippen LogP contribution is 2.56. The molecule has 1 aliphatic carbocycles. The molecule has 2 aliphatic rings. The standard InChI is InChI=1S/C22H33NO3/c1-14-10-18-17(11-16(14)22(7)12-15(22)13-24)21(5,6)8-9-23(18)19(25)26-20(2,3)4/h10-11,15,24H,8-9,12-13H2,1-7H3/t15-,22-/m0/s1. The van der Waals surface area contributed by atoms with Gasteiger partial charge in [-0.25, -0.2) is 4.79 Å². The Hall–Kier alpha value is -1.55. The van der Waals surface area contributed by atoms with Crippen LogP contribution in [0.1, 0.15) is 71.1 Å². The SMILES string of the molecule is Cc1cc2c(cc1[C@@]1(C)C[C@H]1CO)C(C)(C)CCN2C(=O)OC(C)(C)C. The van der Waals surface area contributed by atoms with Crippen molar-refractivity contribution in [1.29, 1.82) is 0 Å². The zero-order valence-corrected chi connectivity index (χ0v) is 17.3. The van der Waals surface area contributed by atoms with Crippen molar-refractivity contribution in [2.24, 2.45) is 5.92 Å². The second-order valence-electron chi connectivity index (χ2n) is 9.95. The molecule has 2 atom stereocenters. The second-order valence-corrected chi connectivity index (χ2v) is 9.95. The van der Waals surface area contributed by atoms with Crippen LogP contribution >= 0.6 is 0 Å². The van der Waals surface area contributed by atoms with Crippen LogP contribution in [0, 0.1) is 12.8 Å². The minimum Gasteiger partial charge on any atom is -0.443 e. The summed E-state index contributed by atoms with van der Waals surface area (Å²) in [6.07, 6.45) is 1.66. The molecule has 1 aromatic rings. The Balaban J connectivity index is 2.04. The van der Waals surface area contributed by atoms with Crippen molar-refractivity contribution in [3.05, 3.63) is 28.8 Å². The number of hydrogen-bond donors (Lipinski definition) is 1. The number of aliphatic hydroxyl groups is 1. The summed E-state index contributed by atoms with van der Waals surface area (Å²) in [6, 6.07) is 4.43. The van der Waals surface area contributed by atoms with Gasteiger partial charge in [0.2, 0.25) is 0 Å². The van der Waals surface area contributed by atoms with Crippen molar-refractivity contribution in [1.82, 2.24) is 0 Å². The largest absolute Gasteiger partial charge is 0.443 e. The Labute approximate surface area is 157 Å². The second kappa shape index (κ2) is 5.98. The molecule has 1 amide bonds. The summed E-state index contributed by atoms with van der Waals surface area (Å²) in [4.78, 5) is 14.6. The van der Waals surface area contributed by atoms with Gasteiger partial charge in [-0.2, -0.15) is 0 Å². The molecule has 0 bridgehead atoms. The van der Waals surface area contributed by atoms with Crippen LogP contribution in [0.5, 0.6) is 0 Å². The maximum Gasteiger partial charge on any atom is 0.414 e. The Morgan fingerprint density at radius 2 is 1.92 bits per heavy atom. The van der Waals surface area contributed by atoms with E-state index in [-0.39, 0.29) is 23.5 Å². The molecule has 144 valence electrons. The van der Waals surface area contributed by atoms with Gasteiger partial charge in [-0.15, -0.1) is 0 Å². The highest BCUT2D eigenvalue weighted by Gasteiger charge is 2.52. The lowest BCUT2D eigenvalue weighted by Crippen LogP contribution is -2.43. The van der Waals surface area contributed by atoms with E-state index in [0.29, 0.717) is 12.5 Å². The van der Waals surface area contributed by atoms with Gasteiger partial charge >= 0.3 is 6.09 Å². The molecule has 1 aliphatic heterocycles. The van der Waals surface area contributed by atoms with E-state index in [1.54, 1.807) is 4.90 Å². The van der Waals surface area contributed by atoms with E-state index in [1.165, 1.54) is 16.7 Å². The van der Waals surface area contributed by atoms with Gasteiger partial charge in [-0.1, -0.05) is 26.8 Å². The summed E-state index contributed by atoms with van der Waals surface area (Å²) in [7, 11) is 0. The van der Waals surface area contributed by atoms with E-state index in [1.807, 2.05) is 20.8 Å². The zero-order valence-electron chi connectivity index (χ0n) is 17.3. The molecule has 3 rings (SSSR count). The third-order valence-corrected chi connectivity index (χ3v) is 6.18. The van der Waals surface area contributed by atoms with E-state index in [0.717, 1.165) is 18.5 Å². The van der Waals surface area contributed by atoms with Crippen molar-refractivity contribution >= 4 is 11.8 Å². The number of aliphatic hydroxyl groups excluding tert-OH is 1. The summed E-state index contributed by atoms with van der Waals surface area (Å²) in [5.74, 6) is 0.341. The number of amides is 1. The molecular weight excluding hydrogens is 326 g/mol. The third-order valence-electron chi connectivity index (χ3n) is 6.18. The summed E-state index contributed by atoms with van der Waals surface area (Å²) in [6.45, 7) is 15.5. The number of anilines is 1. The Kier molecular flexibility index (Phi) is 4.42. The number of aryl methyl sites for hydroxylation is 1. The molecule has 0 spiro atoms. The van der Waals surface area contributed by atoms with Crippen LogP contribution in [0.2, 0.25) is 0 Å². The first-order valence-electron chi connectivity index (χ1n) is 9.66. The summed E-state index contributed by atoms with van der Waals surface area (Å²) in [5, 5.41) is 9.59. The predicted molar refractivity (Wildman–Crippen MR) is 105 cm³/mol. The number of nitrogens with zero attached hydrogens (tertiary/aromatic N) is 1. The number of benzene rings is 1. The van der Waals surface area contributed by atoms with Crippen LogP contribution in [0.25, 0.3) is 0 Å². The topological polar surface area (TPSA) is 49.8 Å². The molecule has 4 nitrogen and oxygen atoms in total. The summed E-state index contributed by atoms with van der Waals surface area (Å²) in [5.41, 5.74) is 4.24. The number of carbonyl (C=O) groups excluding carboxylic acids is 1. The molecule has 1 N–H and O–H groups in total. The Morgan fingerprint density at radius 3 is 2.46 bits per heavy atom. The number of ether oxygens (including phenoxy) is 1. The van der Waals surface area contributed by atoms with Crippen molar-refractivity contribution in [3.8, 4) is 0 Å². The summed E-state index contributed by atoms with van der Waals surface area (Å²) < 4.78 is 5.64. The predicted octanol–water partition coefficient (Wildman–Crippen LogP) is 4.69. The quantitative estimate of drug-likeness (QED) is 0.833. The molecule has 26 heavy (non-hydrogen) atoms. The monoisotopic (exact) mass is 359 g/mol. The van der Waals surface area contributed by atoms with Crippen LogP contribution < -0.4 is 4.90 Å². The van der Waals surface area contributed by atoms with Gasteiger partial charge < -0.3 is 9.84 Å². The van der Waals surface area contributed by atoms with Crippen molar-refractivity contribution < 1.29 is 14.6 Å². The van der Waals surface area contributed by atoms with E-state index >= 15 is 0 Å². The molecule has 1 heterocycles. The number of fused-ring (bicyclic) bond motifs is 1. The molecular formula is C22H33NO3. The Morgan fingerprint density at radius 1 is 1.27 bits per heavy atom. The van der Waals surface area contributed by atoms with Gasteiger partial charge in [0.1, 0.15) is 5.60 Å².